The molecule has 0 aliphatic rings. The molecule has 2 N–H and O–H groups in total. The lowest BCUT2D eigenvalue weighted by atomic mass is 10.2. The average molecular weight is 330 g/mol. The second kappa shape index (κ2) is 7.23. The Labute approximate surface area is 136 Å². The summed E-state index contributed by atoms with van der Waals surface area (Å²) in [5.41, 5.74) is 0.548. The zero-order valence-corrected chi connectivity index (χ0v) is 12.6. The molecule has 8 heteroatoms. The van der Waals surface area contributed by atoms with E-state index in [1.54, 1.807) is 24.3 Å². The molecule has 0 spiro atoms. The number of nitro benzene ring substituents is 1. The van der Waals surface area contributed by atoms with Crippen molar-refractivity contribution in [1.82, 2.24) is 0 Å². The van der Waals surface area contributed by atoms with Crippen LogP contribution in [0.2, 0.25) is 0 Å². The van der Waals surface area contributed by atoms with Crippen molar-refractivity contribution in [3.8, 4) is 11.5 Å². The lowest BCUT2D eigenvalue weighted by molar-refractivity contribution is -0.384. The standard InChI is InChI=1S/C16H14N2O6/c1-10(16(20)21)24-13-5-2-11(3-6-13)9-17-14-8-12(18(22)23)4-7-15(14)19/h2-10,19H,1H3,(H,20,21)/t10-/m0/s1. The number of carbonyl (C=O) groups is 1. The van der Waals surface area contributed by atoms with Crippen molar-refractivity contribution < 1.29 is 24.7 Å². The number of rotatable bonds is 6. The summed E-state index contributed by atoms with van der Waals surface area (Å²) in [6, 6.07) is 9.99. The molecular formula is C16H14N2O6. The minimum Gasteiger partial charge on any atom is -0.506 e. The number of aromatic hydroxyl groups is 1. The van der Waals surface area contributed by atoms with Gasteiger partial charge in [0.15, 0.2) is 6.10 Å². The molecule has 24 heavy (non-hydrogen) atoms. The maximum absolute atomic E-state index is 10.7. The third-order valence-electron chi connectivity index (χ3n) is 3.06. The number of carboxylic acid groups (broad SMARTS) is 1. The average Bonchev–Trinajstić information content (AvgIpc) is 2.55. The maximum atomic E-state index is 10.7. The fourth-order valence-corrected chi connectivity index (χ4v) is 1.76. The van der Waals surface area contributed by atoms with Crippen LogP contribution >= 0.6 is 0 Å². The molecule has 0 amide bonds. The van der Waals surface area contributed by atoms with Crippen LogP contribution in [0.5, 0.6) is 11.5 Å². The minimum atomic E-state index is -1.07. The predicted octanol–water partition coefficient (Wildman–Crippen LogP) is 2.90. The van der Waals surface area contributed by atoms with Crippen LogP contribution < -0.4 is 4.74 Å². The van der Waals surface area contributed by atoms with Gasteiger partial charge in [-0.1, -0.05) is 0 Å². The van der Waals surface area contributed by atoms with Crippen LogP contribution in [-0.2, 0) is 4.79 Å². The van der Waals surface area contributed by atoms with Crippen LogP contribution in [0.25, 0.3) is 0 Å². The number of hydrogen-bond donors (Lipinski definition) is 2. The lowest BCUT2D eigenvalue weighted by Gasteiger charge is -2.09. The molecule has 1 atom stereocenters. The Bertz CT molecular complexity index is 786. The molecule has 0 aliphatic carbocycles. The molecule has 8 nitrogen and oxygen atoms in total. The van der Waals surface area contributed by atoms with Gasteiger partial charge in [-0.25, -0.2) is 4.79 Å². The lowest BCUT2D eigenvalue weighted by Crippen LogP contribution is -2.22. The summed E-state index contributed by atoms with van der Waals surface area (Å²) in [7, 11) is 0. The Morgan fingerprint density at radius 2 is 1.96 bits per heavy atom. The molecule has 0 radical (unpaired) electrons. The predicted molar refractivity (Wildman–Crippen MR) is 86.2 cm³/mol. The summed E-state index contributed by atoms with van der Waals surface area (Å²) in [6.45, 7) is 1.42. The molecule has 2 aromatic carbocycles. The fraction of sp³-hybridized carbons (Fsp3) is 0.125. The summed E-state index contributed by atoms with van der Waals surface area (Å²) in [4.78, 5) is 24.9. The highest BCUT2D eigenvalue weighted by Gasteiger charge is 2.12. The summed E-state index contributed by atoms with van der Waals surface area (Å²) in [5.74, 6) is -0.853. The summed E-state index contributed by atoms with van der Waals surface area (Å²) < 4.78 is 5.20. The third kappa shape index (κ3) is 4.29. The summed E-state index contributed by atoms with van der Waals surface area (Å²) in [6.07, 6.45) is 0.453. The van der Waals surface area contributed by atoms with Crippen molar-refractivity contribution in [3.05, 3.63) is 58.1 Å². The van der Waals surface area contributed by atoms with E-state index in [4.69, 9.17) is 9.84 Å². The van der Waals surface area contributed by atoms with Crippen molar-refractivity contribution in [1.29, 1.82) is 0 Å². The molecule has 2 rings (SSSR count). The van der Waals surface area contributed by atoms with Crippen LogP contribution in [0, 0.1) is 10.1 Å². The number of ether oxygens (including phenoxy) is 1. The summed E-state index contributed by atoms with van der Waals surface area (Å²) >= 11 is 0. The first-order valence-corrected chi connectivity index (χ1v) is 6.88. The van der Waals surface area contributed by atoms with Crippen molar-refractivity contribution in [2.75, 3.05) is 0 Å². The second-order valence-corrected chi connectivity index (χ2v) is 4.86. The highest BCUT2D eigenvalue weighted by atomic mass is 16.6. The molecule has 0 aliphatic heterocycles. The number of nitro groups is 1. The molecule has 124 valence electrons. The molecule has 0 heterocycles. The Morgan fingerprint density at radius 3 is 2.54 bits per heavy atom. The number of aliphatic carboxylic acids is 1. The van der Waals surface area contributed by atoms with Gasteiger partial charge in [0.1, 0.15) is 17.2 Å². The van der Waals surface area contributed by atoms with Gasteiger partial charge in [-0.15, -0.1) is 0 Å². The van der Waals surface area contributed by atoms with Gasteiger partial charge >= 0.3 is 5.97 Å². The first-order valence-electron chi connectivity index (χ1n) is 6.88. The Kier molecular flexibility index (Phi) is 5.10. The van der Waals surface area contributed by atoms with Crippen molar-refractivity contribution in [2.45, 2.75) is 13.0 Å². The largest absolute Gasteiger partial charge is 0.506 e. The smallest absolute Gasteiger partial charge is 0.344 e. The normalized spacial score (nSPS) is 12.0. The van der Waals surface area contributed by atoms with E-state index in [1.165, 1.54) is 25.3 Å². The number of non-ortho nitro benzene ring substituents is 1. The summed E-state index contributed by atoms with van der Waals surface area (Å²) in [5, 5.41) is 29.2. The van der Waals surface area contributed by atoms with E-state index < -0.39 is 17.0 Å². The van der Waals surface area contributed by atoms with Crippen LogP contribution in [0.4, 0.5) is 11.4 Å². The third-order valence-corrected chi connectivity index (χ3v) is 3.06. The van der Waals surface area contributed by atoms with E-state index in [1.807, 2.05) is 0 Å². The number of carboxylic acids is 1. The van der Waals surface area contributed by atoms with Crippen LogP contribution in [0.15, 0.2) is 47.5 Å². The van der Waals surface area contributed by atoms with E-state index in [0.29, 0.717) is 11.3 Å². The highest BCUT2D eigenvalue weighted by Crippen LogP contribution is 2.30. The number of benzene rings is 2. The number of nitrogens with zero attached hydrogens (tertiary/aromatic N) is 2. The first kappa shape index (κ1) is 16.9. The van der Waals surface area contributed by atoms with Crippen molar-refractivity contribution >= 4 is 23.6 Å². The van der Waals surface area contributed by atoms with Crippen LogP contribution in [0.3, 0.4) is 0 Å². The van der Waals surface area contributed by atoms with Gasteiger partial charge in [-0.3, -0.25) is 15.1 Å². The molecule has 0 aromatic heterocycles. The van der Waals surface area contributed by atoms with E-state index in [9.17, 15) is 20.0 Å². The zero-order valence-electron chi connectivity index (χ0n) is 12.6. The van der Waals surface area contributed by atoms with Crippen LogP contribution in [-0.4, -0.2) is 33.4 Å². The highest BCUT2D eigenvalue weighted by molar-refractivity contribution is 5.83. The fourth-order valence-electron chi connectivity index (χ4n) is 1.76. The van der Waals surface area contributed by atoms with Crippen molar-refractivity contribution in [2.24, 2.45) is 4.99 Å². The van der Waals surface area contributed by atoms with Gasteiger partial charge in [0.25, 0.3) is 5.69 Å². The molecule has 2 aromatic rings. The molecule has 0 fully saturated rings. The van der Waals surface area contributed by atoms with Crippen molar-refractivity contribution in [3.63, 3.8) is 0 Å². The van der Waals surface area contributed by atoms with Gasteiger partial charge in [0.05, 0.1) is 4.92 Å². The molecule has 0 saturated heterocycles. The Hall–Kier alpha value is -3.42. The van der Waals surface area contributed by atoms with Gasteiger partial charge in [0, 0.05) is 18.3 Å². The van der Waals surface area contributed by atoms with E-state index in [0.717, 1.165) is 6.07 Å². The van der Waals surface area contributed by atoms with Gasteiger partial charge in [-0.2, -0.15) is 0 Å². The molecular weight excluding hydrogens is 316 g/mol. The maximum Gasteiger partial charge on any atom is 0.344 e. The quantitative estimate of drug-likeness (QED) is 0.477. The van der Waals surface area contributed by atoms with Gasteiger partial charge in [0.2, 0.25) is 0 Å². The number of aliphatic imine (C=N–C) groups is 1. The Balaban J connectivity index is 2.14. The van der Waals surface area contributed by atoms with E-state index in [2.05, 4.69) is 4.99 Å². The van der Waals surface area contributed by atoms with Gasteiger partial charge in [-0.05, 0) is 42.8 Å². The SMILES string of the molecule is C[C@H](Oc1ccc(C=Nc2cc([N+](=O)[O-])ccc2O)cc1)C(=O)O. The Morgan fingerprint density at radius 1 is 1.29 bits per heavy atom. The minimum absolute atomic E-state index is 0.0732. The molecule has 0 bridgehead atoms. The first-order chi connectivity index (χ1) is 11.4. The van der Waals surface area contributed by atoms with Crippen LogP contribution in [0.1, 0.15) is 12.5 Å². The van der Waals surface area contributed by atoms with E-state index in [-0.39, 0.29) is 17.1 Å². The topological polar surface area (TPSA) is 122 Å². The monoisotopic (exact) mass is 330 g/mol. The number of hydrogen-bond acceptors (Lipinski definition) is 6. The van der Waals surface area contributed by atoms with E-state index >= 15 is 0 Å². The molecule has 0 saturated carbocycles. The number of phenols is 1. The number of phenolic OH excluding ortho intramolecular Hbond substituents is 1. The van der Waals surface area contributed by atoms with Gasteiger partial charge < -0.3 is 14.9 Å². The molecule has 0 unspecified atom stereocenters. The zero-order chi connectivity index (χ0) is 17.7. The second-order valence-electron chi connectivity index (χ2n) is 4.86.